The molecule has 0 spiro atoms. The van der Waals surface area contributed by atoms with Crippen LogP contribution in [-0.2, 0) is 14.9 Å². The first-order valence-corrected chi connectivity index (χ1v) is 11.3. The van der Waals surface area contributed by atoms with Gasteiger partial charge in [0.05, 0.1) is 7.11 Å². The fourth-order valence-corrected chi connectivity index (χ4v) is 3.80. The van der Waals surface area contributed by atoms with E-state index in [1.165, 1.54) is 37.5 Å². The fraction of sp³-hybridized carbons (Fsp3) is 0.120. The van der Waals surface area contributed by atoms with Crippen LogP contribution >= 0.6 is 0 Å². The van der Waals surface area contributed by atoms with Crippen molar-refractivity contribution in [3.63, 3.8) is 0 Å². The summed E-state index contributed by atoms with van der Waals surface area (Å²) in [4.78, 5) is 12.5. The number of nitriles is 1. The van der Waals surface area contributed by atoms with Crippen molar-refractivity contribution in [3.8, 4) is 17.6 Å². The van der Waals surface area contributed by atoms with Crippen LogP contribution in [0.5, 0.6) is 11.5 Å². The zero-order valence-electron chi connectivity index (χ0n) is 18.3. The van der Waals surface area contributed by atoms with E-state index in [1.54, 1.807) is 30.3 Å². The summed E-state index contributed by atoms with van der Waals surface area (Å²) in [5.74, 6) is -0.472. The molecule has 3 aromatic carbocycles. The van der Waals surface area contributed by atoms with E-state index >= 15 is 0 Å². The standard InChI is InChI=1S/C25H22N2O5S/c1-17-4-9-21(10-5-17)27-25(28)20(16-26)14-19-8-13-23(31-3)24(15-19)32-33(29,30)22-11-6-18(2)7-12-22/h4-15H,1-3H3,(H,27,28)/b20-14+. The number of nitrogens with zero attached hydrogens (tertiary/aromatic N) is 1. The van der Waals surface area contributed by atoms with Crippen LogP contribution in [0.15, 0.2) is 77.2 Å². The van der Waals surface area contributed by atoms with Gasteiger partial charge in [-0.1, -0.05) is 41.5 Å². The van der Waals surface area contributed by atoms with Gasteiger partial charge in [0.1, 0.15) is 16.5 Å². The zero-order chi connectivity index (χ0) is 24.0. The second kappa shape index (κ2) is 10.0. The van der Waals surface area contributed by atoms with Crippen molar-refractivity contribution < 1.29 is 22.1 Å². The van der Waals surface area contributed by atoms with Crippen LogP contribution in [0, 0.1) is 25.2 Å². The molecular formula is C25H22N2O5S. The highest BCUT2D eigenvalue weighted by molar-refractivity contribution is 7.87. The van der Waals surface area contributed by atoms with Gasteiger partial charge < -0.3 is 14.2 Å². The molecule has 0 heterocycles. The second-order valence-electron chi connectivity index (χ2n) is 7.25. The number of nitrogens with one attached hydrogen (secondary N) is 1. The number of ether oxygens (including phenoxy) is 1. The molecular weight excluding hydrogens is 440 g/mol. The van der Waals surface area contributed by atoms with Crippen molar-refractivity contribution in [2.45, 2.75) is 18.7 Å². The molecule has 0 unspecified atom stereocenters. The first kappa shape index (κ1) is 23.6. The molecule has 168 valence electrons. The topological polar surface area (TPSA) is 105 Å². The Hall–Kier alpha value is -4.09. The van der Waals surface area contributed by atoms with Crippen LogP contribution in [0.1, 0.15) is 16.7 Å². The number of hydrogen-bond donors (Lipinski definition) is 1. The third kappa shape index (κ3) is 5.99. The molecule has 0 aliphatic rings. The Morgan fingerprint density at radius 3 is 2.12 bits per heavy atom. The smallest absolute Gasteiger partial charge is 0.339 e. The Morgan fingerprint density at radius 1 is 0.939 bits per heavy atom. The first-order valence-electron chi connectivity index (χ1n) is 9.91. The minimum Gasteiger partial charge on any atom is -0.493 e. The summed E-state index contributed by atoms with van der Waals surface area (Å²) in [5, 5.41) is 12.1. The summed E-state index contributed by atoms with van der Waals surface area (Å²) < 4.78 is 35.9. The quantitative estimate of drug-likeness (QED) is 0.312. The number of hydrogen-bond acceptors (Lipinski definition) is 6. The summed E-state index contributed by atoms with van der Waals surface area (Å²) in [6.45, 7) is 3.77. The summed E-state index contributed by atoms with van der Waals surface area (Å²) >= 11 is 0. The number of carbonyl (C=O) groups excluding carboxylic acids is 1. The number of carbonyl (C=O) groups is 1. The molecule has 8 heteroatoms. The number of aryl methyl sites for hydroxylation is 2. The predicted molar refractivity (Wildman–Crippen MR) is 125 cm³/mol. The lowest BCUT2D eigenvalue weighted by atomic mass is 10.1. The SMILES string of the molecule is COc1ccc(/C=C(\C#N)C(=O)Nc2ccc(C)cc2)cc1OS(=O)(=O)c1ccc(C)cc1. The van der Waals surface area contributed by atoms with Crippen LogP contribution in [0.2, 0.25) is 0 Å². The van der Waals surface area contributed by atoms with Gasteiger partial charge >= 0.3 is 10.1 Å². The predicted octanol–water partition coefficient (Wildman–Crippen LogP) is 4.63. The Kier molecular flexibility index (Phi) is 7.16. The summed E-state index contributed by atoms with van der Waals surface area (Å²) in [7, 11) is -2.74. The normalized spacial score (nSPS) is 11.4. The maximum atomic E-state index is 12.7. The maximum Gasteiger partial charge on any atom is 0.339 e. The van der Waals surface area contributed by atoms with Crippen molar-refractivity contribution in [2.24, 2.45) is 0 Å². The molecule has 3 aromatic rings. The van der Waals surface area contributed by atoms with Gasteiger partial charge in [0.25, 0.3) is 5.91 Å². The van der Waals surface area contributed by atoms with Gasteiger partial charge in [-0.15, -0.1) is 0 Å². The molecule has 0 aromatic heterocycles. The Bertz CT molecular complexity index is 1340. The third-order valence-corrected chi connectivity index (χ3v) is 5.93. The molecule has 1 amide bonds. The number of benzene rings is 3. The number of anilines is 1. The van der Waals surface area contributed by atoms with Gasteiger partial charge in [-0.3, -0.25) is 4.79 Å². The van der Waals surface area contributed by atoms with Crippen LogP contribution in [-0.4, -0.2) is 21.4 Å². The molecule has 0 aliphatic heterocycles. The van der Waals surface area contributed by atoms with Gasteiger partial charge in [-0.25, -0.2) is 0 Å². The van der Waals surface area contributed by atoms with Gasteiger partial charge in [0, 0.05) is 5.69 Å². The van der Waals surface area contributed by atoms with Crippen molar-refractivity contribution in [1.82, 2.24) is 0 Å². The number of amides is 1. The highest BCUT2D eigenvalue weighted by Crippen LogP contribution is 2.31. The lowest BCUT2D eigenvalue weighted by molar-refractivity contribution is -0.112. The van der Waals surface area contributed by atoms with E-state index in [-0.39, 0.29) is 22.0 Å². The van der Waals surface area contributed by atoms with E-state index in [1.807, 2.05) is 32.0 Å². The largest absolute Gasteiger partial charge is 0.493 e. The van der Waals surface area contributed by atoms with E-state index < -0.39 is 16.0 Å². The molecule has 0 saturated heterocycles. The van der Waals surface area contributed by atoms with E-state index in [4.69, 9.17) is 8.92 Å². The van der Waals surface area contributed by atoms with Crippen molar-refractivity contribution >= 4 is 27.8 Å². The highest BCUT2D eigenvalue weighted by atomic mass is 32.2. The van der Waals surface area contributed by atoms with E-state index in [9.17, 15) is 18.5 Å². The summed E-state index contributed by atoms with van der Waals surface area (Å²) in [6, 6.07) is 19.7. The van der Waals surface area contributed by atoms with E-state index in [0.29, 0.717) is 11.3 Å². The van der Waals surface area contributed by atoms with Crippen molar-refractivity contribution in [3.05, 3.63) is 89.0 Å². The molecule has 1 N–H and O–H groups in total. The number of rotatable bonds is 7. The summed E-state index contributed by atoms with van der Waals surface area (Å²) in [6.07, 6.45) is 1.34. The van der Waals surface area contributed by atoms with Gasteiger partial charge in [-0.05, 0) is 61.9 Å². The first-order chi connectivity index (χ1) is 15.7. The molecule has 0 aliphatic carbocycles. The van der Waals surface area contributed by atoms with Crippen LogP contribution in [0.4, 0.5) is 5.69 Å². The van der Waals surface area contributed by atoms with Crippen LogP contribution in [0.25, 0.3) is 6.08 Å². The van der Waals surface area contributed by atoms with Crippen LogP contribution < -0.4 is 14.2 Å². The molecule has 7 nitrogen and oxygen atoms in total. The molecule has 0 fully saturated rings. The Balaban J connectivity index is 1.89. The van der Waals surface area contributed by atoms with Crippen LogP contribution in [0.3, 0.4) is 0 Å². The average Bonchev–Trinajstić information content (AvgIpc) is 2.79. The third-order valence-electron chi connectivity index (χ3n) is 4.68. The Labute approximate surface area is 193 Å². The van der Waals surface area contributed by atoms with E-state index in [0.717, 1.165) is 11.1 Å². The van der Waals surface area contributed by atoms with E-state index in [2.05, 4.69) is 5.32 Å². The minimum absolute atomic E-state index is 0.00807. The second-order valence-corrected chi connectivity index (χ2v) is 8.80. The lowest BCUT2D eigenvalue weighted by Gasteiger charge is -2.12. The van der Waals surface area contributed by atoms with Gasteiger partial charge in [0.2, 0.25) is 0 Å². The van der Waals surface area contributed by atoms with Crippen molar-refractivity contribution in [1.29, 1.82) is 5.26 Å². The zero-order valence-corrected chi connectivity index (χ0v) is 19.1. The highest BCUT2D eigenvalue weighted by Gasteiger charge is 2.19. The maximum absolute atomic E-state index is 12.7. The molecule has 3 rings (SSSR count). The minimum atomic E-state index is -4.12. The van der Waals surface area contributed by atoms with Gasteiger partial charge in [0.15, 0.2) is 11.5 Å². The lowest BCUT2D eigenvalue weighted by Crippen LogP contribution is -2.13. The number of methoxy groups -OCH3 is 1. The molecule has 33 heavy (non-hydrogen) atoms. The molecule has 0 saturated carbocycles. The fourth-order valence-electron chi connectivity index (χ4n) is 2.87. The average molecular weight is 463 g/mol. The molecule has 0 atom stereocenters. The van der Waals surface area contributed by atoms with Crippen molar-refractivity contribution in [2.75, 3.05) is 12.4 Å². The monoisotopic (exact) mass is 462 g/mol. The molecule has 0 bridgehead atoms. The summed E-state index contributed by atoms with van der Waals surface area (Å²) in [5.41, 5.74) is 2.73. The molecule has 0 radical (unpaired) electrons. The van der Waals surface area contributed by atoms with Gasteiger partial charge in [-0.2, -0.15) is 13.7 Å². The Morgan fingerprint density at radius 2 is 1.55 bits per heavy atom.